The van der Waals surface area contributed by atoms with Gasteiger partial charge in [0.1, 0.15) is 11.5 Å². The van der Waals surface area contributed by atoms with Crippen LogP contribution >= 0.6 is 0 Å². The lowest BCUT2D eigenvalue weighted by atomic mass is 10.1. The molecule has 4 rings (SSSR count). The normalized spacial score (nSPS) is 13.3. The van der Waals surface area contributed by atoms with Crippen LogP contribution in [-0.4, -0.2) is 41.4 Å². The second-order valence-electron chi connectivity index (χ2n) is 7.26. The number of hydrogen-bond donors (Lipinski definition) is 0. The molecule has 6 nitrogen and oxygen atoms in total. The summed E-state index contributed by atoms with van der Waals surface area (Å²) in [5.74, 6) is 1.68. The zero-order valence-corrected chi connectivity index (χ0v) is 16.3. The zero-order valence-electron chi connectivity index (χ0n) is 16.3. The summed E-state index contributed by atoms with van der Waals surface area (Å²) in [6.45, 7) is 1.14. The number of aromatic nitrogens is 2. The molecule has 0 bridgehead atoms. The summed E-state index contributed by atoms with van der Waals surface area (Å²) in [7, 11) is 3.94. The van der Waals surface area contributed by atoms with E-state index >= 15 is 0 Å². The van der Waals surface area contributed by atoms with E-state index in [0.717, 1.165) is 41.4 Å². The first kappa shape index (κ1) is 18.2. The molecule has 3 aromatic rings. The fraction of sp³-hybridized carbons (Fsp3) is 0.318. The van der Waals surface area contributed by atoms with Crippen LogP contribution in [0.2, 0.25) is 0 Å². The highest BCUT2D eigenvalue weighted by Crippen LogP contribution is 2.23. The maximum absolute atomic E-state index is 12.9. The third-order valence-corrected chi connectivity index (χ3v) is 5.02. The number of aryl methyl sites for hydroxylation is 2. The second kappa shape index (κ2) is 7.84. The Balaban J connectivity index is 1.44. The Kier molecular flexibility index (Phi) is 5.10. The van der Waals surface area contributed by atoms with Crippen molar-refractivity contribution in [3.8, 4) is 0 Å². The quantitative estimate of drug-likeness (QED) is 0.685. The molecule has 1 amide bonds. The monoisotopic (exact) mass is 376 g/mol. The van der Waals surface area contributed by atoms with Crippen LogP contribution in [0.1, 0.15) is 33.3 Å². The Morgan fingerprint density at radius 2 is 2.11 bits per heavy atom. The molecule has 0 fully saturated rings. The molecule has 2 aromatic heterocycles. The smallest absolute Gasteiger partial charge is 0.254 e. The first-order valence-corrected chi connectivity index (χ1v) is 9.53. The number of carbonyl (C=O) groups excluding carboxylic acids is 1. The molecule has 1 aromatic carbocycles. The number of pyridine rings is 1. The minimum atomic E-state index is 0.0364. The molecule has 0 unspecified atom stereocenters. The Morgan fingerprint density at radius 1 is 1.21 bits per heavy atom. The van der Waals surface area contributed by atoms with E-state index in [4.69, 9.17) is 4.42 Å². The highest BCUT2D eigenvalue weighted by atomic mass is 16.4. The van der Waals surface area contributed by atoms with E-state index in [-0.39, 0.29) is 5.91 Å². The van der Waals surface area contributed by atoms with E-state index in [1.54, 1.807) is 6.20 Å². The van der Waals surface area contributed by atoms with Crippen LogP contribution in [0.25, 0.3) is 0 Å². The Hall–Kier alpha value is -3.15. The fourth-order valence-electron chi connectivity index (χ4n) is 3.43. The summed E-state index contributed by atoms with van der Waals surface area (Å²) in [5, 5.41) is 0. The van der Waals surface area contributed by atoms with Gasteiger partial charge in [-0.05, 0) is 36.2 Å². The summed E-state index contributed by atoms with van der Waals surface area (Å²) in [4.78, 5) is 25.6. The van der Waals surface area contributed by atoms with E-state index in [9.17, 15) is 4.79 Å². The van der Waals surface area contributed by atoms with Crippen molar-refractivity contribution in [3.63, 3.8) is 0 Å². The average Bonchev–Trinajstić information content (AvgIpc) is 3.14. The van der Waals surface area contributed by atoms with Gasteiger partial charge in [-0.25, -0.2) is 4.98 Å². The topological polar surface area (TPSA) is 62.5 Å². The number of hydrogen-bond acceptors (Lipinski definition) is 5. The minimum absolute atomic E-state index is 0.0364. The van der Waals surface area contributed by atoms with Gasteiger partial charge in [0.15, 0.2) is 5.89 Å². The van der Waals surface area contributed by atoms with E-state index in [0.29, 0.717) is 25.1 Å². The van der Waals surface area contributed by atoms with E-state index in [1.165, 1.54) is 0 Å². The molecule has 144 valence electrons. The van der Waals surface area contributed by atoms with Gasteiger partial charge < -0.3 is 14.2 Å². The van der Waals surface area contributed by atoms with Crippen molar-refractivity contribution in [2.45, 2.75) is 25.8 Å². The number of carbonyl (C=O) groups is 1. The summed E-state index contributed by atoms with van der Waals surface area (Å²) < 4.78 is 5.94. The molecule has 0 saturated carbocycles. The van der Waals surface area contributed by atoms with Gasteiger partial charge in [-0.15, -0.1) is 0 Å². The van der Waals surface area contributed by atoms with Gasteiger partial charge in [-0.2, -0.15) is 0 Å². The van der Waals surface area contributed by atoms with Gasteiger partial charge in [-0.1, -0.05) is 12.1 Å². The van der Waals surface area contributed by atoms with Crippen LogP contribution in [-0.2, 0) is 25.8 Å². The lowest BCUT2D eigenvalue weighted by molar-refractivity contribution is 0.0728. The number of rotatable bonds is 5. The van der Waals surface area contributed by atoms with Gasteiger partial charge in [0, 0.05) is 57.1 Å². The van der Waals surface area contributed by atoms with Crippen LogP contribution in [0.3, 0.4) is 0 Å². The maximum Gasteiger partial charge on any atom is 0.254 e. The summed E-state index contributed by atoms with van der Waals surface area (Å²) in [6, 6.07) is 11.7. The second-order valence-corrected chi connectivity index (χ2v) is 7.26. The molecule has 0 atom stereocenters. The number of benzene rings is 1. The van der Waals surface area contributed by atoms with Gasteiger partial charge in [-0.3, -0.25) is 9.78 Å². The number of anilines is 1. The van der Waals surface area contributed by atoms with Crippen molar-refractivity contribution >= 4 is 11.6 Å². The molecule has 28 heavy (non-hydrogen) atoms. The van der Waals surface area contributed by atoms with Gasteiger partial charge in [0.2, 0.25) is 0 Å². The highest BCUT2D eigenvalue weighted by molar-refractivity contribution is 5.95. The fourth-order valence-corrected chi connectivity index (χ4v) is 3.43. The van der Waals surface area contributed by atoms with Crippen molar-refractivity contribution in [3.05, 3.63) is 77.3 Å². The van der Waals surface area contributed by atoms with Gasteiger partial charge in [0.05, 0.1) is 6.54 Å². The lowest BCUT2D eigenvalue weighted by Gasteiger charge is -2.26. The average molecular weight is 376 g/mol. The largest absolute Gasteiger partial charge is 0.445 e. The standard InChI is InChI=1S/C22H24N4O2/c1-25(2)18-7-3-6-17(13-18)22(27)26-12-10-20-19(15-26)24-21(28-20)9-8-16-5-4-11-23-14-16/h3-7,11,13-14H,8-10,12,15H2,1-2H3. The molecule has 0 saturated heterocycles. The van der Waals surface area contributed by atoms with E-state index in [2.05, 4.69) is 16.0 Å². The van der Waals surface area contributed by atoms with Crippen LogP contribution < -0.4 is 4.90 Å². The third kappa shape index (κ3) is 3.91. The maximum atomic E-state index is 12.9. The zero-order chi connectivity index (χ0) is 19.5. The first-order chi connectivity index (χ1) is 13.6. The Bertz CT molecular complexity index is 966. The van der Waals surface area contributed by atoms with Crippen LogP contribution in [0.5, 0.6) is 0 Å². The molecular formula is C22H24N4O2. The number of fused-ring (bicyclic) bond motifs is 1. The van der Waals surface area contributed by atoms with Gasteiger partial charge in [0.25, 0.3) is 5.91 Å². The SMILES string of the molecule is CN(C)c1cccc(C(=O)N2CCc3oc(CCc4cccnc4)nc3C2)c1. The number of nitrogens with zero attached hydrogens (tertiary/aromatic N) is 4. The van der Waals surface area contributed by atoms with Crippen LogP contribution in [0.15, 0.2) is 53.2 Å². The van der Waals surface area contributed by atoms with Crippen molar-refractivity contribution < 1.29 is 9.21 Å². The molecule has 0 aliphatic carbocycles. The third-order valence-electron chi connectivity index (χ3n) is 5.02. The highest BCUT2D eigenvalue weighted by Gasteiger charge is 2.26. The summed E-state index contributed by atoms with van der Waals surface area (Å²) in [5.41, 5.74) is 3.76. The Labute approximate surface area is 164 Å². The van der Waals surface area contributed by atoms with Crippen molar-refractivity contribution in [2.24, 2.45) is 0 Å². The van der Waals surface area contributed by atoms with Gasteiger partial charge >= 0.3 is 0 Å². The lowest BCUT2D eigenvalue weighted by Crippen LogP contribution is -2.35. The van der Waals surface area contributed by atoms with E-state index < -0.39 is 0 Å². The molecule has 0 spiro atoms. The molecule has 0 radical (unpaired) electrons. The minimum Gasteiger partial charge on any atom is -0.445 e. The number of oxazole rings is 1. The van der Waals surface area contributed by atoms with Crippen molar-refractivity contribution in [2.75, 3.05) is 25.5 Å². The van der Waals surface area contributed by atoms with E-state index in [1.807, 2.05) is 60.4 Å². The molecular weight excluding hydrogens is 352 g/mol. The van der Waals surface area contributed by atoms with Crippen molar-refractivity contribution in [1.29, 1.82) is 0 Å². The predicted molar refractivity (Wildman–Crippen MR) is 107 cm³/mol. The Morgan fingerprint density at radius 3 is 2.89 bits per heavy atom. The first-order valence-electron chi connectivity index (χ1n) is 9.53. The molecule has 3 heterocycles. The summed E-state index contributed by atoms with van der Waals surface area (Å²) in [6.07, 6.45) is 5.91. The van der Waals surface area contributed by atoms with Crippen molar-refractivity contribution in [1.82, 2.24) is 14.9 Å². The number of amides is 1. The molecule has 1 aliphatic heterocycles. The van der Waals surface area contributed by atoms with Crippen LogP contribution in [0, 0.1) is 0 Å². The summed E-state index contributed by atoms with van der Waals surface area (Å²) >= 11 is 0. The molecule has 6 heteroatoms. The molecule has 0 N–H and O–H groups in total. The van der Waals surface area contributed by atoms with Crippen LogP contribution in [0.4, 0.5) is 5.69 Å². The predicted octanol–water partition coefficient (Wildman–Crippen LogP) is 3.12. The molecule has 1 aliphatic rings.